The second kappa shape index (κ2) is 4.70. The summed E-state index contributed by atoms with van der Waals surface area (Å²) in [4.78, 5) is 12.9. The number of aromatic nitrogens is 2. The number of nitro groups is 1. The molecule has 0 radical (unpaired) electrons. The zero-order chi connectivity index (χ0) is 12.4. The van der Waals surface area contributed by atoms with Crippen molar-refractivity contribution in [1.29, 1.82) is 0 Å². The van der Waals surface area contributed by atoms with E-state index in [2.05, 4.69) is 10.4 Å². The first kappa shape index (κ1) is 11.8. The normalized spacial score (nSPS) is 16.2. The van der Waals surface area contributed by atoms with Crippen LogP contribution in [-0.2, 0) is 13.5 Å². The van der Waals surface area contributed by atoms with Gasteiger partial charge in [0, 0.05) is 33.2 Å². The third-order valence-electron chi connectivity index (χ3n) is 3.00. The van der Waals surface area contributed by atoms with Crippen LogP contribution >= 0.6 is 0 Å². The topological polar surface area (TPSA) is 76.2 Å². The molecule has 0 aliphatic carbocycles. The Kier molecular flexibility index (Phi) is 3.28. The molecule has 0 atom stereocenters. The van der Waals surface area contributed by atoms with Crippen LogP contribution in [0.4, 0.5) is 11.5 Å². The molecule has 0 spiro atoms. The molecule has 2 heterocycles. The highest BCUT2D eigenvalue weighted by Crippen LogP contribution is 2.31. The standard InChI is InChI=1S/C10H17N5O2/c1-3-8-9(15(16)17)10(13(2)12-8)14-6-4-11-5-7-14/h11H,3-7H2,1-2H3. The molecule has 0 aromatic carbocycles. The lowest BCUT2D eigenvalue weighted by atomic mass is 10.2. The van der Waals surface area contributed by atoms with Crippen molar-refractivity contribution in [3.05, 3.63) is 15.8 Å². The van der Waals surface area contributed by atoms with Gasteiger partial charge >= 0.3 is 5.69 Å². The maximum Gasteiger partial charge on any atom is 0.334 e. The van der Waals surface area contributed by atoms with E-state index in [1.165, 1.54) is 0 Å². The van der Waals surface area contributed by atoms with E-state index in [1.54, 1.807) is 11.7 Å². The number of nitrogens with one attached hydrogen (secondary N) is 1. The fraction of sp³-hybridized carbons (Fsp3) is 0.700. The highest BCUT2D eigenvalue weighted by Gasteiger charge is 2.29. The van der Waals surface area contributed by atoms with E-state index in [0.717, 1.165) is 26.2 Å². The van der Waals surface area contributed by atoms with Gasteiger partial charge in [0.1, 0.15) is 5.69 Å². The first-order valence-electron chi connectivity index (χ1n) is 5.81. The van der Waals surface area contributed by atoms with Crippen molar-refractivity contribution in [2.24, 2.45) is 7.05 Å². The summed E-state index contributed by atoms with van der Waals surface area (Å²) in [5.74, 6) is 0.633. The highest BCUT2D eigenvalue weighted by atomic mass is 16.6. The Morgan fingerprint density at radius 3 is 2.65 bits per heavy atom. The Bertz CT molecular complexity index is 423. The van der Waals surface area contributed by atoms with Gasteiger partial charge in [-0.1, -0.05) is 6.92 Å². The molecule has 17 heavy (non-hydrogen) atoms. The van der Waals surface area contributed by atoms with Gasteiger partial charge in [-0.05, 0) is 6.42 Å². The van der Waals surface area contributed by atoms with Crippen LogP contribution in [0.25, 0.3) is 0 Å². The minimum atomic E-state index is -0.316. The van der Waals surface area contributed by atoms with Gasteiger partial charge in [0.15, 0.2) is 0 Å². The number of nitrogens with zero attached hydrogens (tertiary/aromatic N) is 4. The third kappa shape index (κ3) is 2.10. The average Bonchev–Trinajstić information content (AvgIpc) is 2.67. The van der Waals surface area contributed by atoms with Crippen molar-refractivity contribution in [3.8, 4) is 0 Å². The number of hydrogen-bond acceptors (Lipinski definition) is 5. The molecule has 0 bridgehead atoms. The summed E-state index contributed by atoms with van der Waals surface area (Å²) in [6.45, 7) is 5.15. The van der Waals surface area contributed by atoms with Crippen LogP contribution in [0.3, 0.4) is 0 Å². The summed E-state index contributed by atoms with van der Waals surface area (Å²) in [6, 6.07) is 0. The summed E-state index contributed by atoms with van der Waals surface area (Å²) in [7, 11) is 1.77. The lowest BCUT2D eigenvalue weighted by molar-refractivity contribution is -0.384. The van der Waals surface area contributed by atoms with Gasteiger partial charge < -0.3 is 10.2 Å². The number of hydrogen-bond donors (Lipinski definition) is 1. The molecule has 0 saturated carbocycles. The zero-order valence-electron chi connectivity index (χ0n) is 10.1. The van der Waals surface area contributed by atoms with E-state index in [1.807, 2.05) is 11.8 Å². The minimum Gasteiger partial charge on any atom is -0.349 e. The molecule has 1 aromatic heterocycles. The van der Waals surface area contributed by atoms with Crippen molar-refractivity contribution >= 4 is 11.5 Å². The Hall–Kier alpha value is -1.63. The third-order valence-corrected chi connectivity index (χ3v) is 3.00. The first-order chi connectivity index (χ1) is 8.15. The summed E-state index contributed by atoms with van der Waals surface area (Å²) >= 11 is 0. The molecule has 7 heteroatoms. The molecular formula is C10H17N5O2. The van der Waals surface area contributed by atoms with Crippen molar-refractivity contribution in [3.63, 3.8) is 0 Å². The van der Waals surface area contributed by atoms with Gasteiger partial charge in [0.05, 0.1) is 4.92 Å². The van der Waals surface area contributed by atoms with Crippen LogP contribution in [0, 0.1) is 10.1 Å². The van der Waals surface area contributed by atoms with Gasteiger partial charge in [-0.2, -0.15) is 5.10 Å². The zero-order valence-corrected chi connectivity index (χ0v) is 10.1. The number of rotatable bonds is 3. The quantitative estimate of drug-likeness (QED) is 0.606. The van der Waals surface area contributed by atoms with E-state index in [0.29, 0.717) is 17.9 Å². The summed E-state index contributed by atoms with van der Waals surface area (Å²) in [5.41, 5.74) is 0.725. The monoisotopic (exact) mass is 239 g/mol. The molecule has 0 unspecified atom stereocenters. The molecule has 7 nitrogen and oxygen atoms in total. The van der Waals surface area contributed by atoms with E-state index in [9.17, 15) is 10.1 Å². The molecular weight excluding hydrogens is 222 g/mol. The van der Waals surface area contributed by atoms with Crippen LogP contribution < -0.4 is 10.2 Å². The summed E-state index contributed by atoms with van der Waals surface area (Å²) in [5, 5.41) is 18.6. The number of piperazine rings is 1. The van der Waals surface area contributed by atoms with Crippen molar-refractivity contribution in [2.45, 2.75) is 13.3 Å². The fourth-order valence-electron chi connectivity index (χ4n) is 2.21. The summed E-state index contributed by atoms with van der Waals surface area (Å²) in [6.07, 6.45) is 0.580. The van der Waals surface area contributed by atoms with E-state index < -0.39 is 0 Å². The van der Waals surface area contributed by atoms with Gasteiger partial charge in [-0.25, -0.2) is 4.68 Å². The highest BCUT2D eigenvalue weighted by molar-refractivity contribution is 5.61. The van der Waals surface area contributed by atoms with E-state index in [-0.39, 0.29) is 10.6 Å². The van der Waals surface area contributed by atoms with Crippen LogP contribution in [-0.4, -0.2) is 40.9 Å². The van der Waals surface area contributed by atoms with Crippen molar-refractivity contribution in [1.82, 2.24) is 15.1 Å². The predicted molar refractivity (Wildman–Crippen MR) is 64.3 cm³/mol. The smallest absolute Gasteiger partial charge is 0.334 e. The van der Waals surface area contributed by atoms with Crippen molar-refractivity contribution in [2.75, 3.05) is 31.1 Å². The van der Waals surface area contributed by atoms with Crippen molar-refractivity contribution < 1.29 is 4.92 Å². The van der Waals surface area contributed by atoms with Crippen LogP contribution in [0.1, 0.15) is 12.6 Å². The van der Waals surface area contributed by atoms with Gasteiger partial charge in [-0.15, -0.1) is 0 Å². The van der Waals surface area contributed by atoms with Gasteiger partial charge in [-0.3, -0.25) is 10.1 Å². The first-order valence-corrected chi connectivity index (χ1v) is 5.81. The van der Waals surface area contributed by atoms with E-state index >= 15 is 0 Å². The second-order valence-electron chi connectivity index (χ2n) is 4.09. The van der Waals surface area contributed by atoms with Crippen LogP contribution in [0.2, 0.25) is 0 Å². The van der Waals surface area contributed by atoms with Gasteiger partial charge in [0.2, 0.25) is 5.82 Å². The fourth-order valence-corrected chi connectivity index (χ4v) is 2.21. The largest absolute Gasteiger partial charge is 0.349 e. The Labute approximate surface area is 99.6 Å². The molecule has 94 valence electrons. The summed E-state index contributed by atoms with van der Waals surface area (Å²) < 4.78 is 1.63. The molecule has 1 aliphatic heterocycles. The molecule has 1 aliphatic rings. The van der Waals surface area contributed by atoms with Crippen LogP contribution in [0.5, 0.6) is 0 Å². The van der Waals surface area contributed by atoms with Gasteiger partial charge in [0.25, 0.3) is 0 Å². The molecule has 1 saturated heterocycles. The van der Waals surface area contributed by atoms with E-state index in [4.69, 9.17) is 0 Å². The number of anilines is 1. The predicted octanol–water partition coefficient (Wildman–Crippen LogP) is 0.300. The Morgan fingerprint density at radius 2 is 2.12 bits per heavy atom. The lowest BCUT2D eigenvalue weighted by Crippen LogP contribution is -2.44. The maximum absolute atomic E-state index is 11.2. The molecule has 1 N–H and O–H groups in total. The number of aryl methyl sites for hydroxylation is 2. The minimum absolute atomic E-state index is 0.164. The maximum atomic E-state index is 11.2. The molecule has 1 aromatic rings. The van der Waals surface area contributed by atoms with Crippen LogP contribution in [0.15, 0.2) is 0 Å². The average molecular weight is 239 g/mol. The lowest BCUT2D eigenvalue weighted by Gasteiger charge is -2.28. The second-order valence-corrected chi connectivity index (χ2v) is 4.09. The Balaban J connectivity index is 2.43. The molecule has 2 rings (SSSR count). The Morgan fingerprint density at radius 1 is 1.47 bits per heavy atom. The molecule has 0 amide bonds. The SMILES string of the molecule is CCc1nn(C)c(N2CCNCC2)c1[N+](=O)[O-]. The molecule has 1 fully saturated rings.